The van der Waals surface area contributed by atoms with Crippen LogP contribution in [0, 0.1) is 13.8 Å². The number of aromatic nitrogens is 2. The summed E-state index contributed by atoms with van der Waals surface area (Å²) in [5.41, 5.74) is 3.55. The first-order chi connectivity index (χ1) is 9.60. The van der Waals surface area contributed by atoms with E-state index in [1.54, 1.807) is 0 Å². The van der Waals surface area contributed by atoms with Gasteiger partial charge in [0.15, 0.2) is 0 Å². The van der Waals surface area contributed by atoms with Crippen molar-refractivity contribution < 1.29 is 0 Å². The van der Waals surface area contributed by atoms with Crippen LogP contribution in [0.3, 0.4) is 0 Å². The van der Waals surface area contributed by atoms with E-state index in [9.17, 15) is 0 Å². The molecule has 1 heterocycles. The molecular formula is C17H23ClN2. The zero-order chi connectivity index (χ0) is 14.5. The number of imidazole rings is 1. The highest BCUT2D eigenvalue weighted by Crippen LogP contribution is 2.21. The first kappa shape index (κ1) is 15.1. The van der Waals surface area contributed by atoms with Crippen LogP contribution in [-0.2, 0) is 13.0 Å². The second kappa shape index (κ2) is 6.94. The quantitative estimate of drug-likeness (QED) is 0.689. The lowest BCUT2D eigenvalue weighted by molar-refractivity contribution is 0.716. The summed E-state index contributed by atoms with van der Waals surface area (Å²) in [6.45, 7) is 7.06. The van der Waals surface area contributed by atoms with E-state index >= 15 is 0 Å². The largest absolute Gasteiger partial charge is 0.330 e. The lowest BCUT2D eigenvalue weighted by atomic mass is 10.1. The fourth-order valence-electron chi connectivity index (χ4n) is 2.46. The van der Waals surface area contributed by atoms with Crippen LogP contribution in [0.5, 0.6) is 0 Å². The van der Waals surface area contributed by atoms with Crippen molar-refractivity contribution in [3.63, 3.8) is 0 Å². The summed E-state index contributed by atoms with van der Waals surface area (Å²) in [6, 6.07) is 6.47. The Morgan fingerprint density at radius 1 is 1.20 bits per heavy atom. The van der Waals surface area contributed by atoms with Gasteiger partial charge in [0.2, 0.25) is 0 Å². The van der Waals surface area contributed by atoms with Crippen LogP contribution in [-0.4, -0.2) is 9.55 Å². The zero-order valence-electron chi connectivity index (χ0n) is 12.6. The van der Waals surface area contributed by atoms with Gasteiger partial charge in [0.05, 0.1) is 12.2 Å². The molecule has 0 bridgehead atoms. The first-order valence-corrected chi connectivity index (χ1v) is 7.75. The summed E-state index contributed by atoms with van der Waals surface area (Å²) >= 11 is 6.42. The highest BCUT2D eigenvalue weighted by Gasteiger charge is 2.06. The molecule has 0 fully saturated rings. The maximum atomic E-state index is 6.42. The Morgan fingerprint density at radius 2 is 2.00 bits per heavy atom. The van der Waals surface area contributed by atoms with Crippen LogP contribution in [0.15, 0.2) is 24.4 Å². The monoisotopic (exact) mass is 290 g/mol. The molecule has 2 aromatic rings. The molecule has 0 aliphatic heterocycles. The molecule has 0 unspecified atom stereocenters. The minimum atomic E-state index is 0.792. The van der Waals surface area contributed by atoms with Gasteiger partial charge in [-0.2, -0.15) is 0 Å². The van der Waals surface area contributed by atoms with E-state index in [1.165, 1.54) is 24.8 Å². The van der Waals surface area contributed by atoms with E-state index in [0.29, 0.717) is 0 Å². The Kier molecular flexibility index (Phi) is 5.24. The van der Waals surface area contributed by atoms with Crippen molar-refractivity contribution in [1.29, 1.82) is 0 Å². The summed E-state index contributed by atoms with van der Waals surface area (Å²) in [5.74, 6) is 1.03. The highest BCUT2D eigenvalue weighted by molar-refractivity contribution is 6.31. The van der Waals surface area contributed by atoms with Gasteiger partial charge in [0.1, 0.15) is 5.82 Å². The highest BCUT2D eigenvalue weighted by atomic mass is 35.5. The van der Waals surface area contributed by atoms with Crippen LogP contribution in [0.25, 0.3) is 0 Å². The third-order valence-corrected chi connectivity index (χ3v) is 3.98. The summed E-state index contributed by atoms with van der Waals surface area (Å²) in [4.78, 5) is 4.42. The molecule has 0 saturated heterocycles. The molecule has 0 saturated carbocycles. The molecule has 2 nitrogen and oxygen atoms in total. The summed E-state index contributed by atoms with van der Waals surface area (Å²) < 4.78 is 2.15. The molecule has 1 aromatic heterocycles. The first-order valence-electron chi connectivity index (χ1n) is 7.38. The van der Waals surface area contributed by atoms with Crippen LogP contribution >= 0.6 is 11.6 Å². The number of halogens is 1. The molecule has 20 heavy (non-hydrogen) atoms. The molecule has 0 N–H and O–H groups in total. The average molecular weight is 291 g/mol. The molecule has 3 heteroatoms. The van der Waals surface area contributed by atoms with Crippen LogP contribution < -0.4 is 0 Å². The number of nitrogens with zero attached hydrogens (tertiary/aromatic N) is 2. The van der Waals surface area contributed by atoms with Gasteiger partial charge >= 0.3 is 0 Å². The van der Waals surface area contributed by atoms with Crippen molar-refractivity contribution in [2.45, 2.75) is 53.0 Å². The SMILES string of the molecule is CCCCCc1ccc(Cn2cc(C)nc2C)c(Cl)c1. The number of benzene rings is 1. The van der Waals surface area contributed by atoms with E-state index in [1.807, 2.05) is 13.8 Å². The Balaban J connectivity index is 2.07. The Labute approximate surface area is 126 Å². The summed E-state index contributed by atoms with van der Waals surface area (Å²) in [5, 5.41) is 0.866. The van der Waals surface area contributed by atoms with Crippen molar-refractivity contribution in [3.05, 3.63) is 52.1 Å². The predicted octanol–water partition coefficient (Wildman–Crippen LogP) is 4.93. The number of hydrogen-bond acceptors (Lipinski definition) is 1. The lowest BCUT2D eigenvalue weighted by Crippen LogP contribution is -2.01. The van der Waals surface area contributed by atoms with Crippen molar-refractivity contribution in [2.75, 3.05) is 0 Å². The van der Waals surface area contributed by atoms with Crippen LogP contribution in [0.1, 0.15) is 48.8 Å². The minimum Gasteiger partial charge on any atom is -0.330 e. The second-order valence-corrected chi connectivity index (χ2v) is 5.85. The summed E-state index contributed by atoms with van der Waals surface area (Å²) in [7, 11) is 0. The smallest absolute Gasteiger partial charge is 0.106 e. The summed E-state index contributed by atoms with van der Waals surface area (Å²) in [6.07, 6.45) is 6.97. The third-order valence-electron chi connectivity index (χ3n) is 3.62. The van der Waals surface area contributed by atoms with Gasteiger partial charge < -0.3 is 4.57 Å². The number of rotatable bonds is 6. The van der Waals surface area contributed by atoms with E-state index < -0.39 is 0 Å². The zero-order valence-corrected chi connectivity index (χ0v) is 13.4. The number of unbranched alkanes of at least 4 members (excludes halogenated alkanes) is 2. The molecular weight excluding hydrogens is 268 g/mol. The molecule has 0 amide bonds. The van der Waals surface area contributed by atoms with Gasteiger partial charge in [0, 0.05) is 11.2 Å². The van der Waals surface area contributed by atoms with Gasteiger partial charge in [-0.05, 0) is 43.9 Å². The molecule has 2 rings (SSSR count). The molecule has 0 spiro atoms. The Bertz CT molecular complexity index is 572. The van der Waals surface area contributed by atoms with E-state index in [-0.39, 0.29) is 0 Å². The fraction of sp³-hybridized carbons (Fsp3) is 0.471. The van der Waals surface area contributed by atoms with Gasteiger partial charge in [-0.15, -0.1) is 0 Å². The number of aryl methyl sites for hydroxylation is 3. The Hall–Kier alpha value is -1.28. The predicted molar refractivity (Wildman–Crippen MR) is 85.5 cm³/mol. The molecule has 1 aromatic carbocycles. The number of hydrogen-bond donors (Lipinski definition) is 0. The average Bonchev–Trinajstić information content (AvgIpc) is 2.71. The van der Waals surface area contributed by atoms with Gasteiger partial charge in [-0.3, -0.25) is 0 Å². The molecule has 0 aliphatic rings. The van der Waals surface area contributed by atoms with Crippen molar-refractivity contribution in [3.8, 4) is 0 Å². The topological polar surface area (TPSA) is 17.8 Å². The maximum Gasteiger partial charge on any atom is 0.106 e. The molecule has 108 valence electrons. The van der Waals surface area contributed by atoms with Crippen molar-refractivity contribution >= 4 is 11.6 Å². The Morgan fingerprint density at radius 3 is 2.60 bits per heavy atom. The fourth-order valence-corrected chi connectivity index (χ4v) is 2.73. The van der Waals surface area contributed by atoms with Crippen LogP contribution in [0.4, 0.5) is 0 Å². The molecule has 0 aliphatic carbocycles. The van der Waals surface area contributed by atoms with E-state index in [0.717, 1.165) is 35.1 Å². The van der Waals surface area contributed by atoms with E-state index in [2.05, 4.69) is 40.9 Å². The van der Waals surface area contributed by atoms with Gasteiger partial charge in [-0.25, -0.2) is 4.98 Å². The standard InChI is InChI=1S/C17H23ClN2/c1-4-5-6-7-15-8-9-16(17(18)10-15)12-20-11-13(2)19-14(20)3/h8-11H,4-7,12H2,1-3H3. The van der Waals surface area contributed by atoms with Gasteiger partial charge in [0.25, 0.3) is 0 Å². The minimum absolute atomic E-state index is 0.792. The molecule has 0 radical (unpaired) electrons. The van der Waals surface area contributed by atoms with Crippen molar-refractivity contribution in [1.82, 2.24) is 9.55 Å². The second-order valence-electron chi connectivity index (χ2n) is 5.44. The van der Waals surface area contributed by atoms with Crippen LogP contribution in [0.2, 0.25) is 5.02 Å². The third kappa shape index (κ3) is 3.86. The maximum absolute atomic E-state index is 6.42. The van der Waals surface area contributed by atoms with E-state index in [4.69, 9.17) is 11.6 Å². The normalized spacial score (nSPS) is 11.0. The van der Waals surface area contributed by atoms with Crippen molar-refractivity contribution in [2.24, 2.45) is 0 Å². The molecule has 0 atom stereocenters. The lowest BCUT2D eigenvalue weighted by Gasteiger charge is -2.09. The van der Waals surface area contributed by atoms with Gasteiger partial charge in [-0.1, -0.05) is 43.5 Å².